The summed E-state index contributed by atoms with van der Waals surface area (Å²) in [5.74, 6) is 0.310. The Kier molecular flexibility index (Phi) is 4.64. The van der Waals surface area contributed by atoms with Crippen molar-refractivity contribution in [2.24, 2.45) is 0 Å². The first kappa shape index (κ1) is 15.1. The number of hydrogen-bond donors (Lipinski definition) is 1. The van der Waals surface area contributed by atoms with Gasteiger partial charge in [-0.3, -0.25) is 4.79 Å². The number of rotatable bonds is 5. The van der Waals surface area contributed by atoms with Gasteiger partial charge in [0, 0.05) is 12.6 Å². The molecule has 0 fully saturated rings. The Morgan fingerprint density at radius 3 is 2.67 bits per heavy atom. The molecule has 1 heterocycles. The summed E-state index contributed by atoms with van der Waals surface area (Å²) in [6, 6.07) is 7.53. The molecular weight excluding hydrogens is 270 g/mol. The van der Waals surface area contributed by atoms with E-state index in [1.54, 1.807) is 14.0 Å². The largest absolute Gasteiger partial charge is 0.394 e. The second-order valence-corrected chi connectivity index (χ2v) is 5.05. The summed E-state index contributed by atoms with van der Waals surface area (Å²) in [6.45, 7) is 3.69. The fraction of sp³-hybridized carbons (Fsp3) is 0.429. The quantitative estimate of drug-likeness (QED) is 0.866. The third kappa shape index (κ3) is 3.63. The number of carbonyl (C=O) groups excluding carboxylic acids is 1. The van der Waals surface area contributed by atoms with E-state index in [9.17, 15) is 4.79 Å². The van der Waals surface area contributed by atoms with Gasteiger partial charge in [-0.15, -0.1) is 10.2 Å². The molecule has 21 heavy (non-hydrogen) atoms. The summed E-state index contributed by atoms with van der Waals surface area (Å²) >= 11 is 0. The van der Waals surface area contributed by atoms with Gasteiger partial charge in [-0.2, -0.15) is 4.80 Å². The van der Waals surface area contributed by atoms with Crippen molar-refractivity contribution in [3.63, 3.8) is 0 Å². The van der Waals surface area contributed by atoms with Crippen LogP contribution in [0.3, 0.4) is 0 Å². The van der Waals surface area contributed by atoms with E-state index in [0.29, 0.717) is 5.82 Å². The molecule has 1 aromatic carbocycles. The van der Waals surface area contributed by atoms with E-state index in [-0.39, 0.29) is 25.1 Å². The zero-order valence-electron chi connectivity index (χ0n) is 12.4. The third-order valence-corrected chi connectivity index (χ3v) is 3.36. The number of aliphatic hydroxyl groups excluding tert-OH is 1. The van der Waals surface area contributed by atoms with Crippen molar-refractivity contribution in [2.45, 2.75) is 26.4 Å². The van der Waals surface area contributed by atoms with Crippen LogP contribution in [0.4, 0.5) is 0 Å². The van der Waals surface area contributed by atoms with E-state index in [1.165, 1.54) is 9.70 Å². The highest BCUT2D eigenvalue weighted by atomic mass is 16.3. The number of benzene rings is 1. The molecule has 1 amide bonds. The van der Waals surface area contributed by atoms with Crippen LogP contribution in [0.5, 0.6) is 0 Å². The van der Waals surface area contributed by atoms with Crippen LogP contribution in [0.15, 0.2) is 24.3 Å². The van der Waals surface area contributed by atoms with Gasteiger partial charge in [0.25, 0.3) is 0 Å². The third-order valence-electron chi connectivity index (χ3n) is 3.36. The van der Waals surface area contributed by atoms with Gasteiger partial charge in [0.05, 0.1) is 12.6 Å². The highest BCUT2D eigenvalue weighted by Gasteiger charge is 2.17. The van der Waals surface area contributed by atoms with E-state index < -0.39 is 0 Å². The number of nitrogens with zero attached hydrogens (tertiary/aromatic N) is 5. The number of aryl methyl sites for hydroxylation is 1. The Balaban J connectivity index is 2.06. The van der Waals surface area contributed by atoms with Crippen molar-refractivity contribution in [3.8, 4) is 11.4 Å². The van der Waals surface area contributed by atoms with Gasteiger partial charge in [0.2, 0.25) is 11.7 Å². The van der Waals surface area contributed by atoms with Gasteiger partial charge in [0.15, 0.2) is 0 Å². The Hall–Kier alpha value is -2.28. The number of aliphatic hydroxyl groups is 1. The number of tetrazole rings is 1. The second kappa shape index (κ2) is 6.45. The van der Waals surface area contributed by atoms with Crippen molar-refractivity contribution in [3.05, 3.63) is 29.8 Å². The van der Waals surface area contributed by atoms with Gasteiger partial charge >= 0.3 is 0 Å². The summed E-state index contributed by atoms with van der Waals surface area (Å²) in [6.07, 6.45) is 0. The summed E-state index contributed by atoms with van der Waals surface area (Å²) in [4.78, 5) is 14.7. The zero-order valence-corrected chi connectivity index (χ0v) is 12.4. The number of amides is 1. The maximum absolute atomic E-state index is 12.0. The molecule has 2 aromatic rings. The van der Waals surface area contributed by atoms with Crippen molar-refractivity contribution < 1.29 is 9.90 Å². The molecule has 1 aromatic heterocycles. The first-order chi connectivity index (χ1) is 10.0. The molecular formula is C14H19N5O2. The second-order valence-electron chi connectivity index (χ2n) is 5.05. The Bertz CT molecular complexity index is 608. The van der Waals surface area contributed by atoms with Crippen LogP contribution in [-0.2, 0) is 11.3 Å². The Morgan fingerprint density at radius 1 is 1.38 bits per heavy atom. The lowest BCUT2D eigenvalue weighted by Crippen LogP contribution is -2.39. The predicted octanol–water partition coefficient (Wildman–Crippen LogP) is 0.488. The van der Waals surface area contributed by atoms with Crippen LogP contribution in [-0.4, -0.2) is 55.8 Å². The molecule has 1 unspecified atom stereocenters. The maximum Gasteiger partial charge on any atom is 0.246 e. The van der Waals surface area contributed by atoms with Crippen LogP contribution < -0.4 is 0 Å². The molecule has 1 N–H and O–H groups in total. The van der Waals surface area contributed by atoms with Crippen molar-refractivity contribution in [2.75, 3.05) is 13.7 Å². The molecule has 2 rings (SSSR count). The van der Waals surface area contributed by atoms with Crippen LogP contribution in [0.1, 0.15) is 12.5 Å². The van der Waals surface area contributed by atoms with Gasteiger partial charge < -0.3 is 10.0 Å². The van der Waals surface area contributed by atoms with Crippen LogP contribution in [0.25, 0.3) is 11.4 Å². The lowest BCUT2D eigenvalue weighted by atomic mass is 10.1. The van der Waals surface area contributed by atoms with Crippen LogP contribution >= 0.6 is 0 Å². The molecule has 0 radical (unpaired) electrons. The van der Waals surface area contributed by atoms with E-state index >= 15 is 0 Å². The molecule has 0 aliphatic rings. The molecule has 0 aliphatic carbocycles. The highest BCUT2D eigenvalue weighted by molar-refractivity contribution is 5.75. The van der Waals surface area contributed by atoms with Crippen LogP contribution in [0.2, 0.25) is 0 Å². The standard InChI is InChI=1S/C14H19N5O2/c1-10-4-6-12(7-5-10)14-15-17-19(16-14)8-13(21)18(3)11(2)9-20/h4-7,11,20H,8-9H2,1-3H3. The summed E-state index contributed by atoms with van der Waals surface area (Å²) in [5.41, 5.74) is 2.01. The fourth-order valence-electron chi connectivity index (χ4n) is 1.73. The molecule has 0 aliphatic heterocycles. The van der Waals surface area contributed by atoms with Crippen LogP contribution in [0, 0.1) is 6.92 Å². The first-order valence-corrected chi connectivity index (χ1v) is 6.72. The van der Waals surface area contributed by atoms with Gasteiger partial charge in [-0.1, -0.05) is 29.8 Å². The minimum Gasteiger partial charge on any atom is -0.394 e. The number of carbonyl (C=O) groups is 1. The van der Waals surface area contributed by atoms with Gasteiger partial charge in [-0.05, 0) is 19.1 Å². The average Bonchev–Trinajstić information content (AvgIpc) is 2.94. The SMILES string of the molecule is Cc1ccc(-c2nnn(CC(=O)N(C)C(C)CO)n2)cc1. The first-order valence-electron chi connectivity index (χ1n) is 6.72. The molecule has 0 spiro atoms. The van der Waals surface area contributed by atoms with E-state index in [2.05, 4.69) is 15.4 Å². The van der Waals surface area contributed by atoms with E-state index in [0.717, 1.165) is 11.1 Å². The topological polar surface area (TPSA) is 84.1 Å². The molecule has 112 valence electrons. The summed E-state index contributed by atoms with van der Waals surface area (Å²) in [5, 5.41) is 21.1. The molecule has 7 nitrogen and oxygen atoms in total. The maximum atomic E-state index is 12.0. The highest BCUT2D eigenvalue weighted by Crippen LogP contribution is 2.13. The Labute approximate surface area is 123 Å². The zero-order chi connectivity index (χ0) is 15.4. The number of likely N-dealkylation sites (N-methyl/N-ethyl adjacent to an activating group) is 1. The molecule has 0 bridgehead atoms. The minimum atomic E-state index is -0.238. The number of aromatic nitrogens is 4. The minimum absolute atomic E-state index is 0.000296. The van der Waals surface area contributed by atoms with E-state index in [4.69, 9.17) is 5.11 Å². The fourth-order valence-corrected chi connectivity index (χ4v) is 1.73. The lowest BCUT2D eigenvalue weighted by molar-refractivity contribution is -0.133. The molecule has 0 saturated carbocycles. The molecule has 1 atom stereocenters. The predicted molar refractivity (Wildman–Crippen MR) is 77.3 cm³/mol. The summed E-state index contributed by atoms with van der Waals surface area (Å²) in [7, 11) is 1.64. The number of hydrogen-bond acceptors (Lipinski definition) is 5. The van der Waals surface area contributed by atoms with Crippen molar-refractivity contribution in [1.82, 2.24) is 25.1 Å². The molecule has 0 saturated heterocycles. The Morgan fingerprint density at radius 2 is 2.05 bits per heavy atom. The summed E-state index contributed by atoms with van der Waals surface area (Å²) < 4.78 is 0. The van der Waals surface area contributed by atoms with Crippen molar-refractivity contribution in [1.29, 1.82) is 0 Å². The van der Waals surface area contributed by atoms with Gasteiger partial charge in [0.1, 0.15) is 6.54 Å². The monoisotopic (exact) mass is 289 g/mol. The van der Waals surface area contributed by atoms with Gasteiger partial charge in [-0.25, -0.2) is 0 Å². The molecule has 7 heteroatoms. The van der Waals surface area contributed by atoms with Crippen molar-refractivity contribution >= 4 is 5.91 Å². The average molecular weight is 289 g/mol. The lowest BCUT2D eigenvalue weighted by Gasteiger charge is -2.22. The smallest absolute Gasteiger partial charge is 0.246 e. The normalized spacial score (nSPS) is 12.2. The van der Waals surface area contributed by atoms with E-state index in [1.807, 2.05) is 31.2 Å².